The summed E-state index contributed by atoms with van der Waals surface area (Å²) in [5, 5.41) is 11.9. The molecule has 1 fully saturated rings. The van der Waals surface area contributed by atoms with Gasteiger partial charge in [0.25, 0.3) is 5.91 Å². The van der Waals surface area contributed by atoms with E-state index in [0.29, 0.717) is 25.7 Å². The molecule has 0 spiro atoms. The number of amides is 1. The maximum atomic E-state index is 13.8. The first-order valence-electron chi connectivity index (χ1n) is 7.81. The normalized spacial score (nSPS) is 20.7. The van der Waals surface area contributed by atoms with Gasteiger partial charge in [-0.1, -0.05) is 6.07 Å². The van der Waals surface area contributed by atoms with Gasteiger partial charge in [-0.25, -0.2) is 4.39 Å². The van der Waals surface area contributed by atoms with Crippen molar-refractivity contribution in [1.29, 1.82) is 0 Å². The maximum Gasteiger partial charge on any atom is 0.306 e. The molecule has 1 heterocycles. The number of carbonyl (C=O) groups excluding carboxylic acids is 1. The quantitative estimate of drug-likeness (QED) is 0.801. The van der Waals surface area contributed by atoms with E-state index < -0.39 is 23.1 Å². The highest BCUT2D eigenvalue weighted by Gasteiger charge is 2.27. The van der Waals surface area contributed by atoms with Gasteiger partial charge in [0.2, 0.25) is 0 Å². The van der Waals surface area contributed by atoms with Crippen molar-refractivity contribution in [2.45, 2.75) is 31.7 Å². The Labute approximate surface area is 136 Å². The number of aromatic nitrogens is 1. The number of nitrogens with one attached hydrogen (secondary N) is 2. The van der Waals surface area contributed by atoms with Gasteiger partial charge in [-0.2, -0.15) is 0 Å². The average Bonchev–Trinajstić information content (AvgIpc) is 2.56. The predicted octanol–water partition coefficient (Wildman–Crippen LogP) is 2.04. The molecule has 3 N–H and O–H groups in total. The van der Waals surface area contributed by atoms with Gasteiger partial charge in [0.1, 0.15) is 11.5 Å². The minimum absolute atomic E-state index is 0.00189. The molecule has 0 unspecified atom stereocenters. The van der Waals surface area contributed by atoms with Gasteiger partial charge < -0.3 is 15.4 Å². The summed E-state index contributed by atoms with van der Waals surface area (Å²) in [4.78, 5) is 38.0. The molecule has 0 radical (unpaired) electrons. The fourth-order valence-electron chi connectivity index (χ4n) is 3.11. The van der Waals surface area contributed by atoms with Crippen LogP contribution in [-0.2, 0) is 4.79 Å². The number of carboxylic acids is 1. The first-order chi connectivity index (χ1) is 11.5. The molecule has 1 aromatic carbocycles. The van der Waals surface area contributed by atoms with Gasteiger partial charge in [0.15, 0.2) is 5.43 Å². The molecule has 3 rings (SSSR count). The fourth-order valence-corrected chi connectivity index (χ4v) is 3.11. The number of aromatic amines is 1. The van der Waals surface area contributed by atoms with Crippen molar-refractivity contribution in [1.82, 2.24) is 10.3 Å². The van der Waals surface area contributed by atoms with E-state index in [1.165, 1.54) is 18.2 Å². The Hall–Kier alpha value is -2.70. The smallest absolute Gasteiger partial charge is 0.306 e. The van der Waals surface area contributed by atoms with Crippen LogP contribution in [-0.4, -0.2) is 28.0 Å². The van der Waals surface area contributed by atoms with Crippen LogP contribution in [0.25, 0.3) is 10.9 Å². The molecule has 1 saturated carbocycles. The van der Waals surface area contributed by atoms with E-state index in [2.05, 4.69) is 10.3 Å². The summed E-state index contributed by atoms with van der Waals surface area (Å²) in [7, 11) is 0. The SMILES string of the molecule is O=C(NC1CCC(C(=O)O)CC1)c1cc(=O)c2cccc(F)c2[nH]1. The van der Waals surface area contributed by atoms with Crippen LogP contribution in [0.1, 0.15) is 36.2 Å². The zero-order chi connectivity index (χ0) is 17.3. The number of fused-ring (bicyclic) bond motifs is 1. The van der Waals surface area contributed by atoms with E-state index in [1.807, 2.05) is 0 Å². The minimum Gasteiger partial charge on any atom is -0.481 e. The molecule has 0 bridgehead atoms. The lowest BCUT2D eigenvalue weighted by Gasteiger charge is -2.26. The summed E-state index contributed by atoms with van der Waals surface area (Å²) in [6, 6.07) is 5.15. The standard InChI is InChI=1S/C17H17FN2O4/c18-12-3-1-2-11-14(21)8-13(20-15(11)12)16(22)19-10-6-4-9(5-7-10)17(23)24/h1-3,8-10H,4-7H2,(H,19,22)(H,20,21)(H,23,24). The van der Waals surface area contributed by atoms with Crippen LogP contribution in [0.2, 0.25) is 0 Å². The van der Waals surface area contributed by atoms with Crippen molar-refractivity contribution in [3.05, 3.63) is 46.0 Å². The number of pyridine rings is 1. The highest BCUT2D eigenvalue weighted by Crippen LogP contribution is 2.24. The third-order valence-corrected chi connectivity index (χ3v) is 4.47. The third-order valence-electron chi connectivity index (χ3n) is 4.47. The number of H-pyrrole nitrogens is 1. The van der Waals surface area contributed by atoms with Crippen LogP contribution >= 0.6 is 0 Å². The number of rotatable bonds is 3. The molecule has 0 saturated heterocycles. The third kappa shape index (κ3) is 3.15. The number of hydrogen-bond donors (Lipinski definition) is 3. The van der Waals surface area contributed by atoms with Crippen molar-refractivity contribution >= 4 is 22.8 Å². The molecular formula is C17H17FN2O4. The summed E-state index contributed by atoms with van der Waals surface area (Å²) in [5.74, 6) is -2.26. The van der Waals surface area contributed by atoms with Gasteiger partial charge in [-0.05, 0) is 37.8 Å². The van der Waals surface area contributed by atoms with Crippen molar-refractivity contribution in [3.63, 3.8) is 0 Å². The first kappa shape index (κ1) is 16.2. The number of hydrogen-bond acceptors (Lipinski definition) is 3. The molecule has 6 nitrogen and oxygen atoms in total. The van der Waals surface area contributed by atoms with E-state index in [9.17, 15) is 18.8 Å². The van der Waals surface area contributed by atoms with Crippen LogP contribution in [0.15, 0.2) is 29.1 Å². The molecule has 1 aliphatic rings. The molecule has 0 atom stereocenters. The summed E-state index contributed by atoms with van der Waals surface area (Å²) >= 11 is 0. The van der Waals surface area contributed by atoms with Crippen molar-refractivity contribution < 1.29 is 19.1 Å². The van der Waals surface area contributed by atoms with Gasteiger partial charge in [0, 0.05) is 17.5 Å². The lowest BCUT2D eigenvalue weighted by atomic mass is 9.86. The summed E-state index contributed by atoms with van der Waals surface area (Å²) in [6.07, 6.45) is 2.13. The fraction of sp³-hybridized carbons (Fsp3) is 0.353. The molecule has 7 heteroatoms. The summed E-state index contributed by atoms with van der Waals surface area (Å²) < 4.78 is 13.8. The number of benzene rings is 1. The van der Waals surface area contributed by atoms with Gasteiger partial charge in [-0.3, -0.25) is 14.4 Å². The van der Waals surface area contributed by atoms with Crippen LogP contribution < -0.4 is 10.7 Å². The molecule has 24 heavy (non-hydrogen) atoms. The van der Waals surface area contributed by atoms with Crippen LogP contribution in [0, 0.1) is 11.7 Å². The monoisotopic (exact) mass is 332 g/mol. The number of para-hydroxylation sites is 1. The number of halogens is 1. The van der Waals surface area contributed by atoms with Crippen LogP contribution in [0.3, 0.4) is 0 Å². The Kier molecular flexibility index (Phi) is 4.33. The zero-order valence-electron chi connectivity index (χ0n) is 12.8. The number of carboxylic acid groups (broad SMARTS) is 1. The summed E-state index contributed by atoms with van der Waals surface area (Å²) in [6.45, 7) is 0. The highest BCUT2D eigenvalue weighted by molar-refractivity contribution is 5.95. The molecule has 1 aliphatic carbocycles. The molecule has 1 amide bonds. The van der Waals surface area contributed by atoms with E-state index in [4.69, 9.17) is 5.11 Å². The first-order valence-corrected chi connectivity index (χ1v) is 7.81. The average molecular weight is 332 g/mol. The van der Waals surface area contributed by atoms with Gasteiger partial charge >= 0.3 is 5.97 Å². The second-order valence-electron chi connectivity index (χ2n) is 6.07. The van der Waals surface area contributed by atoms with E-state index in [1.54, 1.807) is 0 Å². The molecule has 0 aliphatic heterocycles. The van der Waals surface area contributed by atoms with E-state index in [-0.39, 0.29) is 28.6 Å². The predicted molar refractivity (Wildman–Crippen MR) is 85.4 cm³/mol. The Bertz CT molecular complexity index is 853. The molecule has 126 valence electrons. The molecule has 1 aromatic heterocycles. The lowest BCUT2D eigenvalue weighted by molar-refractivity contribution is -0.142. The van der Waals surface area contributed by atoms with Crippen LogP contribution in [0.4, 0.5) is 4.39 Å². The second kappa shape index (κ2) is 6.43. The minimum atomic E-state index is -0.811. The topological polar surface area (TPSA) is 99.3 Å². The zero-order valence-corrected chi connectivity index (χ0v) is 12.8. The number of carbonyl (C=O) groups is 2. The van der Waals surface area contributed by atoms with Crippen molar-refractivity contribution in [3.8, 4) is 0 Å². The lowest BCUT2D eigenvalue weighted by Crippen LogP contribution is -2.39. The summed E-state index contributed by atoms with van der Waals surface area (Å²) in [5.41, 5.74) is -0.425. The van der Waals surface area contributed by atoms with Gasteiger partial charge in [-0.15, -0.1) is 0 Å². The second-order valence-corrected chi connectivity index (χ2v) is 6.07. The molecule has 2 aromatic rings. The number of aliphatic carboxylic acids is 1. The van der Waals surface area contributed by atoms with Gasteiger partial charge in [0.05, 0.1) is 11.4 Å². The van der Waals surface area contributed by atoms with Crippen molar-refractivity contribution in [2.24, 2.45) is 5.92 Å². The maximum absolute atomic E-state index is 13.8. The Balaban J connectivity index is 1.76. The molecular weight excluding hydrogens is 315 g/mol. The highest BCUT2D eigenvalue weighted by atomic mass is 19.1. The van der Waals surface area contributed by atoms with E-state index >= 15 is 0 Å². The Morgan fingerprint density at radius 3 is 2.58 bits per heavy atom. The Morgan fingerprint density at radius 2 is 1.92 bits per heavy atom. The van der Waals surface area contributed by atoms with Crippen LogP contribution in [0.5, 0.6) is 0 Å². The largest absolute Gasteiger partial charge is 0.481 e. The Morgan fingerprint density at radius 1 is 1.21 bits per heavy atom. The van der Waals surface area contributed by atoms with Crippen molar-refractivity contribution in [2.75, 3.05) is 0 Å². The van der Waals surface area contributed by atoms with E-state index in [0.717, 1.165) is 6.07 Å².